The molecule has 1 heterocycles. The van der Waals surface area contributed by atoms with Crippen LogP contribution in [-0.2, 0) is 16.2 Å². The first-order chi connectivity index (χ1) is 19.5. The fraction of sp³-hybridized carbons (Fsp3) is 0.0606. The van der Waals surface area contributed by atoms with Gasteiger partial charge in [0.2, 0.25) is 5.91 Å². The number of ether oxygens (including phenoxy) is 1. The van der Waals surface area contributed by atoms with Crippen molar-refractivity contribution in [2.75, 3.05) is 11.9 Å². The van der Waals surface area contributed by atoms with Gasteiger partial charge >= 0.3 is 0 Å². The third-order valence-corrected chi connectivity index (χ3v) is 7.56. The molecule has 1 saturated heterocycles. The maximum absolute atomic E-state index is 13.1. The summed E-state index contributed by atoms with van der Waals surface area (Å²) in [4.78, 5) is 39.9. The van der Waals surface area contributed by atoms with Crippen molar-refractivity contribution < 1.29 is 19.1 Å². The zero-order valence-electron chi connectivity index (χ0n) is 21.4. The minimum Gasteiger partial charge on any atom is -0.488 e. The fourth-order valence-electron chi connectivity index (χ4n) is 4.67. The molecular formula is C33H24N2O4S. The second-order valence-corrected chi connectivity index (χ2v) is 10.3. The minimum absolute atomic E-state index is 0.240. The standard InChI is InChI=1S/C33H24N2O4S/c36-31(34-28-14-7-12-24-9-3-5-13-27(24)28)20-35-32(37)30(40-33(35)38)19-26-11-4-6-15-29(26)39-21-22-16-17-23-8-1-2-10-25(23)18-22/h1-19H,20-21H2,(H,34,36)/b30-19-. The Morgan fingerprint density at radius 2 is 1.52 bits per heavy atom. The number of imide groups is 1. The van der Waals surface area contributed by atoms with Crippen LogP contribution < -0.4 is 10.1 Å². The van der Waals surface area contributed by atoms with Gasteiger partial charge in [0.1, 0.15) is 18.9 Å². The van der Waals surface area contributed by atoms with Crippen LogP contribution in [0.4, 0.5) is 10.5 Å². The number of carbonyl (C=O) groups is 3. The fourth-order valence-corrected chi connectivity index (χ4v) is 5.50. The van der Waals surface area contributed by atoms with Gasteiger partial charge in [0, 0.05) is 16.6 Å². The molecule has 0 bridgehead atoms. The number of para-hydroxylation sites is 1. The number of thioether (sulfide) groups is 1. The molecule has 0 unspecified atom stereocenters. The Bertz CT molecular complexity index is 1810. The molecule has 5 aromatic rings. The Hall–Kier alpha value is -4.88. The lowest BCUT2D eigenvalue weighted by Gasteiger charge is -2.13. The number of nitrogens with zero attached hydrogens (tertiary/aromatic N) is 1. The van der Waals surface area contributed by atoms with Gasteiger partial charge in [-0.3, -0.25) is 19.3 Å². The summed E-state index contributed by atoms with van der Waals surface area (Å²) in [5, 5.41) is 6.51. The van der Waals surface area contributed by atoms with E-state index < -0.39 is 17.1 Å². The van der Waals surface area contributed by atoms with Crippen LogP contribution in [0.3, 0.4) is 0 Å². The van der Waals surface area contributed by atoms with Crippen molar-refractivity contribution in [2.24, 2.45) is 0 Å². The second kappa shape index (κ2) is 11.1. The summed E-state index contributed by atoms with van der Waals surface area (Å²) in [6.07, 6.45) is 1.64. The number of nitrogens with one attached hydrogen (secondary N) is 1. The number of fused-ring (bicyclic) bond motifs is 2. The number of benzene rings is 5. The Morgan fingerprint density at radius 1 is 0.800 bits per heavy atom. The van der Waals surface area contributed by atoms with Crippen LogP contribution in [0.15, 0.2) is 114 Å². The molecule has 1 fully saturated rings. The van der Waals surface area contributed by atoms with E-state index in [4.69, 9.17) is 4.74 Å². The summed E-state index contributed by atoms with van der Waals surface area (Å²) in [6, 6.07) is 35.0. The van der Waals surface area contributed by atoms with E-state index in [1.165, 1.54) is 0 Å². The summed E-state index contributed by atoms with van der Waals surface area (Å²) in [5.74, 6) is -0.359. The first-order valence-electron chi connectivity index (χ1n) is 12.8. The number of hydrogen-bond acceptors (Lipinski definition) is 5. The summed E-state index contributed by atoms with van der Waals surface area (Å²) < 4.78 is 6.11. The van der Waals surface area contributed by atoms with Crippen LogP contribution in [-0.4, -0.2) is 28.5 Å². The topological polar surface area (TPSA) is 75.7 Å². The molecule has 0 saturated carbocycles. The third-order valence-electron chi connectivity index (χ3n) is 6.65. The molecule has 7 heteroatoms. The molecule has 1 aliphatic rings. The molecule has 0 aromatic heterocycles. The Morgan fingerprint density at radius 3 is 2.40 bits per heavy atom. The van der Waals surface area contributed by atoms with Gasteiger partial charge in [-0.25, -0.2) is 0 Å². The Balaban J connectivity index is 1.15. The van der Waals surface area contributed by atoms with E-state index in [1.54, 1.807) is 12.1 Å². The lowest BCUT2D eigenvalue weighted by Crippen LogP contribution is -2.36. The van der Waals surface area contributed by atoms with Crippen LogP contribution in [0, 0.1) is 0 Å². The Labute approximate surface area is 235 Å². The van der Waals surface area contributed by atoms with Crippen molar-refractivity contribution >= 4 is 62.1 Å². The SMILES string of the molecule is O=C(CN1C(=O)S/C(=C\c2ccccc2OCc2ccc3ccccc3c2)C1=O)Nc1cccc2ccccc12. The molecular weight excluding hydrogens is 520 g/mol. The molecule has 1 aliphatic heterocycles. The van der Waals surface area contributed by atoms with Gasteiger partial charge in [-0.1, -0.05) is 91.0 Å². The first kappa shape index (κ1) is 25.4. The lowest BCUT2D eigenvalue weighted by molar-refractivity contribution is -0.127. The van der Waals surface area contributed by atoms with Crippen LogP contribution in [0.25, 0.3) is 27.6 Å². The van der Waals surface area contributed by atoms with E-state index in [-0.39, 0.29) is 11.4 Å². The highest BCUT2D eigenvalue weighted by atomic mass is 32.2. The number of anilines is 1. The summed E-state index contributed by atoms with van der Waals surface area (Å²) in [7, 11) is 0. The van der Waals surface area contributed by atoms with Gasteiger partial charge in [0.05, 0.1) is 4.91 Å². The summed E-state index contributed by atoms with van der Waals surface area (Å²) >= 11 is 0.815. The highest BCUT2D eigenvalue weighted by molar-refractivity contribution is 8.18. The zero-order valence-corrected chi connectivity index (χ0v) is 22.2. The predicted molar refractivity (Wildman–Crippen MR) is 160 cm³/mol. The zero-order chi connectivity index (χ0) is 27.5. The average molecular weight is 545 g/mol. The Kier molecular flexibility index (Phi) is 7.04. The predicted octanol–water partition coefficient (Wildman–Crippen LogP) is 7.25. The summed E-state index contributed by atoms with van der Waals surface area (Å²) in [6.45, 7) is -0.0170. The second-order valence-electron chi connectivity index (χ2n) is 9.35. The normalized spacial score (nSPS) is 14.3. The molecule has 196 valence electrons. The molecule has 6 rings (SSSR count). The van der Waals surface area contributed by atoms with Crippen molar-refractivity contribution in [3.63, 3.8) is 0 Å². The van der Waals surface area contributed by atoms with Crippen LogP contribution in [0.2, 0.25) is 0 Å². The van der Waals surface area contributed by atoms with E-state index in [1.807, 2.05) is 78.9 Å². The van der Waals surface area contributed by atoms with E-state index in [0.29, 0.717) is 23.6 Å². The number of carbonyl (C=O) groups excluding carboxylic acids is 3. The van der Waals surface area contributed by atoms with E-state index in [9.17, 15) is 14.4 Å². The largest absolute Gasteiger partial charge is 0.488 e. The van der Waals surface area contributed by atoms with Gasteiger partial charge in [0.25, 0.3) is 11.1 Å². The van der Waals surface area contributed by atoms with Crippen LogP contribution >= 0.6 is 11.8 Å². The third kappa shape index (κ3) is 5.32. The number of rotatable bonds is 7. The molecule has 0 radical (unpaired) electrons. The van der Waals surface area contributed by atoms with Crippen molar-refractivity contribution in [3.8, 4) is 5.75 Å². The van der Waals surface area contributed by atoms with Crippen LogP contribution in [0.1, 0.15) is 11.1 Å². The molecule has 1 N–H and O–H groups in total. The monoisotopic (exact) mass is 544 g/mol. The maximum Gasteiger partial charge on any atom is 0.294 e. The van der Waals surface area contributed by atoms with Crippen molar-refractivity contribution in [1.29, 1.82) is 0 Å². The smallest absolute Gasteiger partial charge is 0.294 e. The highest BCUT2D eigenvalue weighted by Gasteiger charge is 2.36. The van der Waals surface area contributed by atoms with Crippen molar-refractivity contribution in [3.05, 3.63) is 125 Å². The highest BCUT2D eigenvalue weighted by Crippen LogP contribution is 2.34. The number of hydrogen-bond donors (Lipinski definition) is 1. The molecule has 0 spiro atoms. The lowest BCUT2D eigenvalue weighted by atomic mass is 10.1. The van der Waals surface area contributed by atoms with Crippen molar-refractivity contribution in [1.82, 2.24) is 4.90 Å². The molecule has 6 nitrogen and oxygen atoms in total. The van der Waals surface area contributed by atoms with E-state index in [0.717, 1.165) is 43.8 Å². The molecule has 0 atom stereocenters. The molecule has 5 aromatic carbocycles. The maximum atomic E-state index is 13.1. The van der Waals surface area contributed by atoms with Crippen molar-refractivity contribution in [2.45, 2.75) is 6.61 Å². The van der Waals surface area contributed by atoms with Crippen LogP contribution in [0.5, 0.6) is 5.75 Å². The first-order valence-corrected chi connectivity index (χ1v) is 13.6. The van der Waals surface area contributed by atoms with Gasteiger partial charge in [0.15, 0.2) is 0 Å². The average Bonchev–Trinajstić information content (AvgIpc) is 3.24. The van der Waals surface area contributed by atoms with Gasteiger partial charge < -0.3 is 10.1 Å². The molecule has 0 aliphatic carbocycles. The molecule has 40 heavy (non-hydrogen) atoms. The quantitative estimate of drug-likeness (QED) is 0.219. The van der Waals surface area contributed by atoms with Gasteiger partial charge in [-0.2, -0.15) is 0 Å². The number of amides is 3. The van der Waals surface area contributed by atoms with E-state index >= 15 is 0 Å². The molecule has 3 amide bonds. The minimum atomic E-state index is -0.507. The van der Waals surface area contributed by atoms with E-state index in [2.05, 4.69) is 29.6 Å². The van der Waals surface area contributed by atoms with Gasteiger partial charge in [-0.05, 0) is 57.8 Å². The van der Waals surface area contributed by atoms with Gasteiger partial charge in [-0.15, -0.1) is 0 Å². The summed E-state index contributed by atoms with van der Waals surface area (Å²) in [5.41, 5.74) is 2.32.